The van der Waals surface area contributed by atoms with Gasteiger partial charge >= 0.3 is 0 Å². The van der Waals surface area contributed by atoms with Crippen molar-refractivity contribution in [3.05, 3.63) is 46.6 Å². The van der Waals surface area contributed by atoms with Crippen molar-refractivity contribution >= 4 is 39.5 Å². The standard InChI is InChI=1S/C19H19ClN4OS/c20-14-8-6-13(7-9-14)17-11-24-16(12-26-19(24)21-17)10-18(25)23-22-15-4-2-1-3-5-15/h6-9,11-12H,1-5,10H2,(H,23,25). The molecule has 2 aromatic heterocycles. The summed E-state index contributed by atoms with van der Waals surface area (Å²) in [5.74, 6) is -0.0930. The third-order valence-corrected chi connectivity index (χ3v) is 5.68. The molecule has 2 heterocycles. The number of hydrogen-bond donors (Lipinski definition) is 1. The number of imidazole rings is 1. The molecule has 1 N–H and O–H groups in total. The molecule has 0 radical (unpaired) electrons. The van der Waals surface area contributed by atoms with Crippen molar-refractivity contribution < 1.29 is 4.79 Å². The van der Waals surface area contributed by atoms with Gasteiger partial charge in [-0.25, -0.2) is 10.4 Å². The largest absolute Gasteiger partial charge is 0.294 e. The third-order valence-electron chi connectivity index (χ3n) is 4.53. The first-order chi connectivity index (χ1) is 12.7. The van der Waals surface area contributed by atoms with Gasteiger partial charge in [0.2, 0.25) is 5.91 Å². The Morgan fingerprint density at radius 2 is 2.00 bits per heavy atom. The summed E-state index contributed by atoms with van der Waals surface area (Å²) in [7, 11) is 0. The number of fused-ring (bicyclic) bond motifs is 1. The first kappa shape index (κ1) is 17.2. The SMILES string of the molecule is O=C(Cc1csc2nc(-c3ccc(Cl)cc3)cn12)NN=C1CCCCC1. The minimum atomic E-state index is -0.0930. The van der Waals surface area contributed by atoms with E-state index in [9.17, 15) is 4.79 Å². The van der Waals surface area contributed by atoms with Crippen LogP contribution >= 0.6 is 22.9 Å². The molecule has 0 saturated heterocycles. The number of nitrogens with one attached hydrogen (secondary N) is 1. The van der Waals surface area contributed by atoms with Crippen LogP contribution in [-0.2, 0) is 11.2 Å². The number of hydrogen-bond acceptors (Lipinski definition) is 4. The Hall–Kier alpha value is -2.18. The van der Waals surface area contributed by atoms with Crippen LogP contribution in [0.3, 0.4) is 0 Å². The smallest absolute Gasteiger partial charge is 0.246 e. The molecule has 134 valence electrons. The lowest BCUT2D eigenvalue weighted by Crippen LogP contribution is -2.22. The summed E-state index contributed by atoms with van der Waals surface area (Å²) in [6.07, 6.45) is 7.84. The number of rotatable bonds is 4. The highest BCUT2D eigenvalue weighted by molar-refractivity contribution is 7.15. The molecule has 7 heteroatoms. The Kier molecular flexibility index (Phi) is 5.04. The Labute approximate surface area is 160 Å². The van der Waals surface area contributed by atoms with Gasteiger partial charge in [0, 0.05) is 33.6 Å². The van der Waals surface area contributed by atoms with Crippen LogP contribution in [0.15, 0.2) is 40.9 Å². The Morgan fingerprint density at radius 3 is 2.77 bits per heavy atom. The highest BCUT2D eigenvalue weighted by atomic mass is 35.5. The number of benzene rings is 1. The van der Waals surface area contributed by atoms with E-state index in [1.54, 1.807) is 0 Å². The number of thiazole rings is 1. The summed E-state index contributed by atoms with van der Waals surface area (Å²) >= 11 is 7.48. The molecule has 1 saturated carbocycles. The molecule has 4 rings (SSSR count). The van der Waals surface area contributed by atoms with Crippen LogP contribution in [0.25, 0.3) is 16.2 Å². The van der Waals surface area contributed by atoms with Gasteiger partial charge in [0.25, 0.3) is 0 Å². The van der Waals surface area contributed by atoms with E-state index in [1.807, 2.05) is 40.2 Å². The van der Waals surface area contributed by atoms with Crippen LogP contribution in [-0.4, -0.2) is 21.0 Å². The average molecular weight is 387 g/mol. The summed E-state index contributed by atoms with van der Waals surface area (Å²) < 4.78 is 1.97. The third kappa shape index (κ3) is 3.81. The topological polar surface area (TPSA) is 58.8 Å². The molecule has 1 aliphatic carbocycles. The number of carbonyl (C=O) groups excluding carboxylic acids is 1. The van der Waals surface area contributed by atoms with Gasteiger partial charge in [-0.1, -0.05) is 30.2 Å². The van der Waals surface area contributed by atoms with Gasteiger partial charge in [-0.2, -0.15) is 5.10 Å². The van der Waals surface area contributed by atoms with Crippen molar-refractivity contribution in [3.8, 4) is 11.3 Å². The summed E-state index contributed by atoms with van der Waals surface area (Å²) in [4.78, 5) is 17.8. The molecule has 1 amide bonds. The van der Waals surface area contributed by atoms with E-state index in [0.29, 0.717) is 5.02 Å². The molecule has 0 unspecified atom stereocenters. The molecule has 3 aromatic rings. The van der Waals surface area contributed by atoms with Gasteiger partial charge in [0.05, 0.1) is 12.1 Å². The highest BCUT2D eigenvalue weighted by Crippen LogP contribution is 2.25. The van der Waals surface area contributed by atoms with Crippen molar-refractivity contribution in [2.24, 2.45) is 5.10 Å². The predicted molar refractivity (Wildman–Crippen MR) is 106 cm³/mol. The van der Waals surface area contributed by atoms with Crippen LogP contribution in [0.1, 0.15) is 37.8 Å². The second kappa shape index (κ2) is 7.60. The number of hydrazone groups is 1. The fourth-order valence-electron chi connectivity index (χ4n) is 3.13. The summed E-state index contributed by atoms with van der Waals surface area (Å²) in [6.45, 7) is 0. The van der Waals surface area contributed by atoms with E-state index in [2.05, 4.69) is 15.5 Å². The highest BCUT2D eigenvalue weighted by Gasteiger charge is 2.13. The van der Waals surface area contributed by atoms with Crippen molar-refractivity contribution in [1.29, 1.82) is 0 Å². The predicted octanol–water partition coefficient (Wildman–Crippen LogP) is 4.70. The Morgan fingerprint density at radius 1 is 1.23 bits per heavy atom. The molecule has 26 heavy (non-hydrogen) atoms. The van der Waals surface area contributed by atoms with Gasteiger partial charge in [-0.05, 0) is 37.8 Å². The minimum Gasteiger partial charge on any atom is -0.294 e. The number of aromatic nitrogens is 2. The first-order valence-corrected chi connectivity index (χ1v) is 10.0. The minimum absolute atomic E-state index is 0.0930. The monoisotopic (exact) mass is 386 g/mol. The van der Waals surface area contributed by atoms with Crippen molar-refractivity contribution in [3.63, 3.8) is 0 Å². The zero-order chi connectivity index (χ0) is 17.9. The van der Waals surface area contributed by atoms with Crippen molar-refractivity contribution in [2.45, 2.75) is 38.5 Å². The lowest BCUT2D eigenvalue weighted by molar-refractivity contribution is -0.120. The quantitative estimate of drug-likeness (QED) is 0.661. The molecule has 0 spiro atoms. The zero-order valence-corrected chi connectivity index (χ0v) is 15.8. The average Bonchev–Trinajstić information content (AvgIpc) is 3.24. The first-order valence-electron chi connectivity index (χ1n) is 8.75. The van der Waals surface area contributed by atoms with E-state index >= 15 is 0 Å². The van der Waals surface area contributed by atoms with Gasteiger partial charge in [0.1, 0.15) is 0 Å². The maximum absolute atomic E-state index is 12.2. The van der Waals surface area contributed by atoms with Crippen LogP contribution in [0.2, 0.25) is 5.02 Å². The van der Waals surface area contributed by atoms with E-state index < -0.39 is 0 Å². The normalized spacial score (nSPS) is 14.6. The Bertz CT molecular complexity index is 950. The van der Waals surface area contributed by atoms with Crippen LogP contribution < -0.4 is 5.43 Å². The van der Waals surface area contributed by atoms with Gasteiger partial charge in [-0.15, -0.1) is 11.3 Å². The molecule has 0 atom stereocenters. The maximum Gasteiger partial charge on any atom is 0.246 e. The van der Waals surface area contributed by atoms with E-state index in [0.717, 1.165) is 40.5 Å². The van der Waals surface area contributed by atoms with Gasteiger partial charge < -0.3 is 0 Å². The summed E-state index contributed by atoms with van der Waals surface area (Å²) in [6, 6.07) is 7.59. The lowest BCUT2D eigenvalue weighted by Gasteiger charge is -2.11. The second-order valence-electron chi connectivity index (χ2n) is 6.46. The van der Waals surface area contributed by atoms with E-state index in [-0.39, 0.29) is 12.3 Å². The van der Waals surface area contributed by atoms with E-state index in [4.69, 9.17) is 11.6 Å². The number of amides is 1. The molecule has 1 aliphatic rings. The maximum atomic E-state index is 12.2. The molecular weight excluding hydrogens is 368 g/mol. The molecule has 5 nitrogen and oxygen atoms in total. The second-order valence-corrected chi connectivity index (χ2v) is 7.74. The summed E-state index contributed by atoms with van der Waals surface area (Å²) in [5.41, 5.74) is 6.60. The number of halogens is 1. The zero-order valence-electron chi connectivity index (χ0n) is 14.2. The fourth-order valence-corrected chi connectivity index (χ4v) is 4.13. The van der Waals surface area contributed by atoms with Crippen molar-refractivity contribution in [2.75, 3.05) is 0 Å². The fraction of sp³-hybridized carbons (Fsp3) is 0.316. The molecule has 0 aliphatic heterocycles. The molecular formula is C19H19ClN4OS. The van der Waals surface area contributed by atoms with Crippen LogP contribution in [0, 0.1) is 0 Å². The number of carbonyl (C=O) groups is 1. The molecule has 1 aromatic carbocycles. The van der Waals surface area contributed by atoms with Crippen LogP contribution in [0.5, 0.6) is 0 Å². The van der Waals surface area contributed by atoms with E-state index in [1.165, 1.54) is 30.6 Å². The summed E-state index contributed by atoms with van der Waals surface area (Å²) in [5, 5.41) is 6.96. The van der Waals surface area contributed by atoms with Gasteiger partial charge in [-0.3, -0.25) is 9.20 Å². The number of nitrogens with zero attached hydrogens (tertiary/aromatic N) is 3. The molecule has 0 bridgehead atoms. The van der Waals surface area contributed by atoms with Crippen molar-refractivity contribution in [1.82, 2.24) is 14.8 Å². The Balaban J connectivity index is 1.48. The van der Waals surface area contributed by atoms with Gasteiger partial charge in [0.15, 0.2) is 4.96 Å². The molecule has 1 fully saturated rings. The lowest BCUT2D eigenvalue weighted by atomic mass is 9.99. The van der Waals surface area contributed by atoms with Crippen LogP contribution in [0.4, 0.5) is 0 Å².